The second kappa shape index (κ2) is 20.2. The van der Waals surface area contributed by atoms with Crippen LogP contribution in [-0.4, -0.2) is 79.5 Å². The maximum atomic E-state index is 13.3. The van der Waals surface area contributed by atoms with Gasteiger partial charge in [-0.1, -0.05) is 121 Å². The first-order chi connectivity index (χ1) is 26.2. The number of aliphatic hydroxyl groups excluding tert-OH is 1. The van der Waals surface area contributed by atoms with Crippen molar-refractivity contribution in [3.63, 3.8) is 0 Å². The fraction of sp³-hybridized carbons (Fsp3) is 0.667. The number of nitrogens with zero attached hydrogens (tertiary/aromatic N) is 4. The van der Waals surface area contributed by atoms with Gasteiger partial charge in [0.15, 0.2) is 11.4 Å². The number of aromatic nitrogens is 3. The van der Waals surface area contributed by atoms with Crippen molar-refractivity contribution in [3.05, 3.63) is 54.5 Å². The summed E-state index contributed by atoms with van der Waals surface area (Å²) in [6.45, 7) is 2.55. The molecule has 3 heterocycles. The predicted molar refractivity (Wildman–Crippen MR) is 202 cm³/mol. The lowest BCUT2D eigenvalue weighted by Gasteiger charge is -2.30. The smallest absolute Gasteiger partial charge is 0.473 e. The zero-order chi connectivity index (χ0) is 38.4. The van der Waals surface area contributed by atoms with Gasteiger partial charge in [0, 0.05) is 6.61 Å². The lowest BCUT2D eigenvalue weighted by Crippen LogP contribution is -2.47. The van der Waals surface area contributed by atoms with Crippen LogP contribution in [-0.2, 0) is 28.7 Å². The van der Waals surface area contributed by atoms with Crippen molar-refractivity contribution in [1.29, 1.82) is 5.26 Å². The summed E-state index contributed by atoms with van der Waals surface area (Å²) in [6.07, 6.45) is 15.9. The summed E-state index contributed by atoms with van der Waals surface area (Å²) < 4.78 is 42.9. The van der Waals surface area contributed by atoms with E-state index in [4.69, 9.17) is 29.0 Å². The molecule has 1 saturated carbocycles. The molecule has 1 aliphatic carbocycles. The number of aliphatic hydroxyl groups is 2. The van der Waals surface area contributed by atoms with Crippen molar-refractivity contribution in [2.75, 3.05) is 25.6 Å². The van der Waals surface area contributed by atoms with E-state index in [1.165, 1.54) is 100 Å². The van der Waals surface area contributed by atoms with Gasteiger partial charge in [-0.05, 0) is 30.7 Å². The van der Waals surface area contributed by atoms with Crippen molar-refractivity contribution in [2.24, 2.45) is 0 Å². The molecule has 2 fully saturated rings. The summed E-state index contributed by atoms with van der Waals surface area (Å²) in [7, 11) is -4.87. The van der Waals surface area contributed by atoms with Gasteiger partial charge in [-0.2, -0.15) is 10.4 Å². The molecule has 7 unspecified atom stereocenters. The lowest BCUT2D eigenvalue weighted by molar-refractivity contribution is -0.107. The number of para-hydroxylation sites is 1. The normalized spacial score (nSPS) is 24.9. The first-order valence-electron chi connectivity index (χ1n) is 19.7. The monoisotopic (exact) mass is 771 g/mol. The third-order valence-corrected chi connectivity index (χ3v) is 11.5. The Bertz CT molecular complexity index is 1670. The zero-order valence-electron chi connectivity index (χ0n) is 31.5. The van der Waals surface area contributed by atoms with Gasteiger partial charge in [-0.15, -0.1) is 0 Å². The Morgan fingerprint density at radius 3 is 2.13 bits per heavy atom. The number of hydrogen-bond donors (Lipinski definition) is 4. The third-order valence-electron chi connectivity index (χ3n) is 10.4. The summed E-state index contributed by atoms with van der Waals surface area (Å²) >= 11 is 0. The van der Waals surface area contributed by atoms with E-state index < -0.39 is 43.4 Å². The third kappa shape index (κ3) is 10.6. The van der Waals surface area contributed by atoms with E-state index in [2.05, 4.69) is 17.0 Å². The summed E-state index contributed by atoms with van der Waals surface area (Å²) in [5.41, 5.74) is 2.14. The van der Waals surface area contributed by atoms with Gasteiger partial charge in [0.25, 0.3) is 0 Å². The Morgan fingerprint density at radius 2 is 1.56 bits per heavy atom. The highest BCUT2D eigenvalue weighted by atomic mass is 31.2. The van der Waals surface area contributed by atoms with E-state index in [1.807, 2.05) is 12.1 Å². The van der Waals surface area contributed by atoms with E-state index in [9.17, 15) is 24.9 Å². The van der Waals surface area contributed by atoms with E-state index in [-0.39, 0.29) is 24.7 Å². The maximum Gasteiger partial charge on any atom is 0.473 e. The second-order valence-corrected chi connectivity index (χ2v) is 15.9. The number of fused-ring (bicyclic) bond motifs is 2. The number of rotatable bonds is 27. The van der Waals surface area contributed by atoms with E-state index in [0.29, 0.717) is 17.9 Å². The van der Waals surface area contributed by atoms with Crippen LogP contribution in [0.2, 0.25) is 0 Å². The molecule has 5 rings (SSSR count). The number of benzene rings is 1. The van der Waals surface area contributed by atoms with E-state index in [0.717, 1.165) is 19.3 Å². The van der Waals surface area contributed by atoms with Crippen LogP contribution in [0, 0.1) is 11.3 Å². The number of anilines is 1. The zero-order valence-corrected chi connectivity index (χ0v) is 32.4. The van der Waals surface area contributed by atoms with Crippen LogP contribution in [0.3, 0.4) is 0 Å². The summed E-state index contributed by atoms with van der Waals surface area (Å²) in [4.78, 5) is 14.7. The minimum atomic E-state index is -4.87. The standard InChI is InChI=1S/C39H58N5O9P/c1-2-3-4-5-6-7-8-9-10-11-12-13-14-15-16-20-25-49-26-31(27-50-30-21-18-17-19-22-30)52-54(47,48)53-35-34-39(35,46)37(45)38(28-40,51-34)33-24-23-32-36(41)42-29-43-44(32)33/h17-19,21-24,29,31,34-35,37,45-46H,2-16,20,25-27H2,1H3,(H,47,48)(H2,41,42,43). The molecule has 7 atom stereocenters. The SMILES string of the molecule is CCCCCCCCCCCCCCCCCCOCC(COc1ccccc1)OP(=O)(O)OC1C2OC(C#N)(c3ccc4c(N)ncnn34)C(O)C21O. The van der Waals surface area contributed by atoms with Gasteiger partial charge in [0.2, 0.25) is 5.60 Å². The van der Waals surface area contributed by atoms with Crippen molar-refractivity contribution < 1.29 is 42.9 Å². The molecular formula is C39H58N5O9P. The number of nitrogen functional groups attached to an aromatic ring is 1. The molecule has 54 heavy (non-hydrogen) atoms. The molecule has 15 heteroatoms. The van der Waals surface area contributed by atoms with Crippen LogP contribution in [0.15, 0.2) is 48.8 Å². The van der Waals surface area contributed by atoms with Gasteiger partial charge in [-0.3, -0.25) is 9.05 Å². The quantitative estimate of drug-likeness (QED) is 0.0468. The number of phosphoric ester groups is 1. The van der Waals surface area contributed by atoms with Gasteiger partial charge in [0.1, 0.15) is 54.7 Å². The van der Waals surface area contributed by atoms with Crippen LogP contribution in [0.5, 0.6) is 5.75 Å². The molecule has 5 N–H and O–H groups in total. The Balaban J connectivity index is 1.03. The Hall–Kier alpha value is -3.12. The van der Waals surface area contributed by atoms with Gasteiger partial charge in [0.05, 0.1) is 12.3 Å². The molecule has 0 bridgehead atoms. The molecule has 1 aromatic carbocycles. The second-order valence-electron chi connectivity index (χ2n) is 14.6. The van der Waals surface area contributed by atoms with Crippen molar-refractivity contribution in [3.8, 4) is 11.8 Å². The number of nitriles is 1. The van der Waals surface area contributed by atoms with Crippen LogP contribution in [0.1, 0.15) is 115 Å². The van der Waals surface area contributed by atoms with Crippen molar-refractivity contribution in [1.82, 2.24) is 14.6 Å². The summed E-state index contributed by atoms with van der Waals surface area (Å²) in [6, 6.07) is 13.9. The average molecular weight is 772 g/mol. The highest BCUT2D eigenvalue weighted by Gasteiger charge is 2.83. The number of ether oxygens (including phenoxy) is 3. The fourth-order valence-corrected chi connectivity index (χ4v) is 8.36. The molecule has 3 aromatic rings. The summed E-state index contributed by atoms with van der Waals surface area (Å²) in [5, 5.41) is 36.9. The van der Waals surface area contributed by atoms with Crippen LogP contribution >= 0.6 is 7.82 Å². The number of phosphoric acid groups is 1. The summed E-state index contributed by atoms with van der Waals surface area (Å²) in [5.74, 6) is 0.679. The van der Waals surface area contributed by atoms with Crippen molar-refractivity contribution in [2.45, 2.75) is 145 Å². The molecule has 14 nitrogen and oxygen atoms in total. The molecule has 0 radical (unpaired) electrons. The Labute approximate surface area is 318 Å². The largest absolute Gasteiger partial charge is 0.491 e. The van der Waals surface area contributed by atoms with Gasteiger partial charge >= 0.3 is 7.82 Å². The Kier molecular flexibility index (Phi) is 15.7. The first kappa shape index (κ1) is 42.0. The molecule has 0 amide bonds. The van der Waals surface area contributed by atoms with E-state index in [1.54, 1.807) is 30.3 Å². The van der Waals surface area contributed by atoms with E-state index >= 15 is 0 Å². The van der Waals surface area contributed by atoms with Gasteiger partial charge < -0.3 is 35.1 Å². The Morgan fingerprint density at radius 1 is 0.944 bits per heavy atom. The number of unbranched alkanes of at least 4 members (excludes halogenated alkanes) is 15. The van der Waals surface area contributed by atoms with Crippen molar-refractivity contribution >= 4 is 19.2 Å². The highest BCUT2D eigenvalue weighted by Crippen LogP contribution is 2.63. The molecule has 1 saturated heterocycles. The van der Waals surface area contributed by atoms with Crippen LogP contribution in [0.25, 0.3) is 5.52 Å². The fourth-order valence-electron chi connectivity index (χ4n) is 7.25. The molecule has 298 valence electrons. The highest BCUT2D eigenvalue weighted by molar-refractivity contribution is 7.47. The number of hydrogen-bond acceptors (Lipinski definition) is 12. The van der Waals surface area contributed by atoms with Gasteiger partial charge in [-0.25, -0.2) is 14.1 Å². The first-order valence-corrected chi connectivity index (χ1v) is 21.2. The topological polar surface area (TPSA) is 204 Å². The lowest BCUT2D eigenvalue weighted by atomic mass is 9.90. The minimum absolute atomic E-state index is 0.0409. The van der Waals surface area contributed by atoms with Crippen LogP contribution < -0.4 is 10.5 Å². The maximum absolute atomic E-state index is 13.3. The molecule has 2 aliphatic rings. The minimum Gasteiger partial charge on any atom is -0.491 e. The average Bonchev–Trinajstić information content (AvgIpc) is 3.41. The van der Waals surface area contributed by atoms with Crippen LogP contribution in [0.4, 0.5) is 5.82 Å². The molecule has 1 aliphatic heterocycles. The molecule has 0 spiro atoms. The number of nitrogens with two attached hydrogens (primary N) is 1. The molecule has 2 aromatic heterocycles. The molecular weight excluding hydrogens is 713 g/mol. The predicted octanol–water partition coefficient (Wildman–Crippen LogP) is 6.76.